The van der Waals surface area contributed by atoms with E-state index in [4.69, 9.17) is 14.2 Å². The Labute approximate surface area is 202 Å². The van der Waals surface area contributed by atoms with Crippen LogP contribution in [0.25, 0.3) is 28.5 Å². The molecule has 3 N–H and O–H groups in total. The molecule has 1 aliphatic rings. The third-order valence-corrected chi connectivity index (χ3v) is 5.72. The second kappa shape index (κ2) is 8.72. The molecule has 5 rings (SSSR count). The summed E-state index contributed by atoms with van der Waals surface area (Å²) in [5.41, 5.74) is 4.05. The number of H-pyrrole nitrogens is 1. The van der Waals surface area contributed by atoms with Crippen LogP contribution in [-0.4, -0.2) is 35.8 Å². The molecule has 1 aromatic heterocycles. The van der Waals surface area contributed by atoms with Gasteiger partial charge in [-0.05, 0) is 68.5 Å². The van der Waals surface area contributed by atoms with Crippen molar-refractivity contribution in [1.82, 2.24) is 9.97 Å². The first kappa shape index (κ1) is 22.3. The monoisotopic (exact) mass is 470 g/mol. The molecule has 0 fully saturated rings. The summed E-state index contributed by atoms with van der Waals surface area (Å²) in [6.45, 7) is 3.96. The zero-order valence-corrected chi connectivity index (χ0v) is 19.9. The number of anilines is 2. The van der Waals surface area contributed by atoms with Gasteiger partial charge in [-0.1, -0.05) is 12.1 Å². The topological polar surface area (TPSA) is 97.5 Å². The van der Waals surface area contributed by atoms with Crippen LogP contribution in [0.15, 0.2) is 60.7 Å². The van der Waals surface area contributed by atoms with Gasteiger partial charge in [-0.15, -0.1) is 0 Å². The van der Waals surface area contributed by atoms with Gasteiger partial charge < -0.3 is 29.8 Å². The lowest BCUT2D eigenvalue weighted by atomic mass is 10.0. The van der Waals surface area contributed by atoms with Gasteiger partial charge in [-0.25, -0.2) is 9.78 Å². The van der Waals surface area contributed by atoms with Crippen molar-refractivity contribution in [2.45, 2.75) is 19.4 Å². The third-order valence-electron chi connectivity index (χ3n) is 5.72. The molecular weight excluding hydrogens is 444 g/mol. The number of aromatic amines is 1. The molecule has 0 radical (unpaired) electrons. The second-order valence-electron chi connectivity index (χ2n) is 8.73. The molecular formula is C27H26N4O4. The molecule has 4 aromatic rings. The average Bonchev–Trinajstić information content (AvgIpc) is 3.27. The van der Waals surface area contributed by atoms with Crippen LogP contribution >= 0.6 is 0 Å². The normalized spacial score (nSPS) is 13.6. The number of carbonyl (C=O) groups excluding carboxylic acids is 1. The maximum absolute atomic E-state index is 12.8. The lowest BCUT2D eigenvalue weighted by Crippen LogP contribution is -2.27. The minimum absolute atomic E-state index is 0.392. The first-order chi connectivity index (χ1) is 16.8. The SMILES string of the molecule is COc1cccc(-c2nc3ccc(NC(=O)Nc4ccc5c(c4OC)C=CC(C)(C)O5)cc3[nH]2)c1. The third kappa shape index (κ3) is 4.50. The summed E-state index contributed by atoms with van der Waals surface area (Å²) < 4.78 is 16.9. The minimum Gasteiger partial charge on any atom is -0.497 e. The quantitative estimate of drug-likeness (QED) is 0.329. The number of nitrogens with one attached hydrogen (secondary N) is 3. The summed E-state index contributed by atoms with van der Waals surface area (Å²) in [5, 5.41) is 5.74. The first-order valence-corrected chi connectivity index (χ1v) is 11.2. The van der Waals surface area contributed by atoms with E-state index in [0.717, 1.165) is 33.7 Å². The van der Waals surface area contributed by atoms with Crippen molar-refractivity contribution in [2.24, 2.45) is 0 Å². The van der Waals surface area contributed by atoms with Crippen molar-refractivity contribution in [3.05, 3.63) is 66.2 Å². The molecule has 3 aromatic carbocycles. The number of benzene rings is 3. The molecule has 8 nitrogen and oxygen atoms in total. The largest absolute Gasteiger partial charge is 0.497 e. The highest BCUT2D eigenvalue weighted by Crippen LogP contribution is 2.41. The van der Waals surface area contributed by atoms with E-state index in [1.807, 2.05) is 68.5 Å². The number of aromatic nitrogens is 2. The van der Waals surface area contributed by atoms with Crippen molar-refractivity contribution < 1.29 is 19.0 Å². The Morgan fingerprint density at radius 3 is 2.69 bits per heavy atom. The highest BCUT2D eigenvalue weighted by Gasteiger charge is 2.25. The Hall–Kier alpha value is -4.46. The minimum atomic E-state index is -0.401. The predicted octanol–water partition coefficient (Wildman–Crippen LogP) is 6.08. The molecule has 0 atom stereocenters. The Bertz CT molecular complexity index is 1460. The number of ether oxygens (including phenoxy) is 3. The smallest absolute Gasteiger partial charge is 0.323 e. The van der Waals surface area contributed by atoms with Crippen LogP contribution < -0.4 is 24.8 Å². The fourth-order valence-electron chi connectivity index (χ4n) is 4.03. The molecule has 8 heteroatoms. The van der Waals surface area contributed by atoms with Crippen molar-refractivity contribution in [3.63, 3.8) is 0 Å². The fraction of sp³-hybridized carbons (Fsp3) is 0.185. The maximum atomic E-state index is 12.8. The highest BCUT2D eigenvalue weighted by molar-refractivity contribution is 6.02. The van der Waals surface area contributed by atoms with Crippen LogP contribution in [0.2, 0.25) is 0 Å². The van der Waals surface area contributed by atoms with Gasteiger partial charge in [0, 0.05) is 11.3 Å². The molecule has 1 aliphatic heterocycles. The number of carbonyl (C=O) groups is 1. The number of rotatable bonds is 5. The molecule has 0 unspecified atom stereocenters. The van der Waals surface area contributed by atoms with Crippen molar-refractivity contribution >= 4 is 34.5 Å². The van der Waals surface area contributed by atoms with Crippen molar-refractivity contribution in [2.75, 3.05) is 24.9 Å². The molecule has 2 heterocycles. The Balaban J connectivity index is 1.35. The summed E-state index contributed by atoms with van der Waals surface area (Å²) in [7, 11) is 3.20. The van der Waals surface area contributed by atoms with Crippen LogP contribution in [-0.2, 0) is 0 Å². The van der Waals surface area contributed by atoms with E-state index in [2.05, 4.69) is 20.6 Å². The number of amides is 2. The highest BCUT2D eigenvalue weighted by atomic mass is 16.5. The molecule has 0 aliphatic carbocycles. The van der Waals surface area contributed by atoms with E-state index in [0.29, 0.717) is 22.9 Å². The Morgan fingerprint density at radius 1 is 1.03 bits per heavy atom. The van der Waals surface area contributed by atoms with Gasteiger partial charge in [-0.3, -0.25) is 0 Å². The van der Waals surface area contributed by atoms with Crippen molar-refractivity contribution in [3.8, 4) is 28.6 Å². The summed E-state index contributed by atoms with van der Waals surface area (Å²) in [4.78, 5) is 20.7. The van der Waals surface area contributed by atoms with E-state index in [-0.39, 0.29) is 0 Å². The zero-order chi connectivity index (χ0) is 24.6. The maximum Gasteiger partial charge on any atom is 0.323 e. The van der Waals surface area contributed by atoms with Gasteiger partial charge in [0.05, 0.1) is 36.5 Å². The van der Waals surface area contributed by atoms with Gasteiger partial charge in [0.15, 0.2) is 5.75 Å². The number of nitrogens with zero attached hydrogens (tertiary/aromatic N) is 1. The van der Waals surface area contributed by atoms with Gasteiger partial charge in [0.25, 0.3) is 0 Å². The van der Waals surface area contributed by atoms with Crippen LogP contribution in [0, 0.1) is 0 Å². The van der Waals surface area contributed by atoms with Crippen molar-refractivity contribution in [1.29, 1.82) is 0 Å². The van der Waals surface area contributed by atoms with Crippen LogP contribution in [0.1, 0.15) is 19.4 Å². The van der Waals surface area contributed by atoms with Crippen LogP contribution in [0.4, 0.5) is 16.2 Å². The van der Waals surface area contributed by atoms with E-state index in [1.165, 1.54) is 0 Å². The molecule has 0 spiro atoms. The molecule has 0 bridgehead atoms. The van der Waals surface area contributed by atoms with Gasteiger partial charge in [0.1, 0.15) is 22.9 Å². The summed E-state index contributed by atoms with van der Waals surface area (Å²) in [6, 6.07) is 16.4. The standard InChI is InChI=1S/C27H26N4O4/c1-27(2)13-12-19-23(35-27)11-10-21(24(19)34-4)31-26(32)28-17-8-9-20-22(15-17)30-25(29-20)16-6-5-7-18(14-16)33-3/h5-15H,1-4H3,(H,29,30)(H2,28,31,32). The molecule has 35 heavy (non-hydrogen) atoms. The van der Waals surface area contributed by atoms with E-state index in [9.17, 15) is 4.79 Å². The fourth-order valence-corrected chi connectivity index (χ4v) is 4.03. The molecule has 0 saturated carbocycles. The molecule has 2 amide bonds. The zero-order valence-electron chi connectivity index (χ0n) is 19.9. The van der Waals surface area contributed by atoms with E-state index >= 15 is 0 Å². The number of hydrogen-bond acceptors (Lipinski definition) is 5. The predicted molar refractivity (Wildman–Crippen MR) is 137 cm³/mol. The summed E-state index contributed by atoms with van der Waals surface area (Å²) in [6.07, 6.45) is 3.91. The summed E-state index contributed by atoms with van der Waals surface area (Å²) >= 11 is 0. The number of fused-ring (bicyclic) bond motifs is 2. The second-order valence-corrected chi connectivity index (χ2v) is 8.73. The number of methoxy groups -OCH3 is 2. The number of urea groups is 1. The molecule has 0 saturated heterocycles. The number of imidazole rings is 1. The van der Waals surface area contributed by atoms with Gasteiger partial charge in [-0.2, -0.15) is 0 Å². The van der Waals surface area contributed by atoms with E-state index < -0.39 is 11.6 Å². The Kier molecular flexibility index (Phi) is 5.56. The summed E-state index contributed by atoms with van der Waals surface area (Å²) in [5.74, 6) is 2.72. The lowest BCUT2D eigenvalue weighted by molar-refractivity contribution is 0.158. The first-order valence-electron chi connectivity index (χ1n) is 11.2. The average molecular weight is 471 g/mol. The van der Waals surface area contributed by atoms with Gasteiger partial charge in [0.2, 0.25) is 0 Å². The van der Waals surface area contributed by atoms with E-state index in [1.54, 1.807) is 26.4 Å². The van der Waals surface area contributed by atoms with Crippen LogP contribution in [0.3, 0.4) is 0 Å². The van der Waals surface area contributed by atoms with Gasteiger partial charge >= 0.3 is 6.03 Å². The molecule has 178 valence electrons. The Morgan fingerprint density at radius 2 is 1.89 bits per heavy atom. The van der Waals surface area contributed by atoms with Crippen LogP contribution in [0.5, 0.6) is 17.2 Å². The number of hydrogen-bond donors (Lipinski definition) is 3. The lowest BCUT2D eigenvalue weighted by Gasteiger charge is -2.29.